The van der Waals surface area contributed by atoms with E-state index in [4.69, 9.17) is 19.9 Å². The number of pyridine rings is 1. The number of hydrogen-bond donors (Lipinski definition) is 0. The summed E-state index contributed by atoms with van der Waals surface area (Å²) in [6, 6.07) is 66.1. The predicted molar refractivity (Wildman–Crippen MR) is 238 cm³/mol. The third kappa shape index (κ3) is 4.92. The highest BCUT2D eigenvalue weighted by Crippen LogP contribution is 2.45. The third-order valence-corrected chi connectivity index (χ3v) is 11.4. The Kier molecular flexibility index (Phi) is 7.13. The van der Waals surface area contributed by atoms with E-state index in [0.717, 1.165) is 39.1 Å². The monoisotopic (exact) mass is 740 g/mol. The lowest BCUT2D eigenvalue weighted by Gasteiger charge is -2.13. The molecule has 8 aromatic carbocycles. The molecule has 270 valence electrons. The molecule has 4 heterocycles. The molecule has 12 aromatic rings. The van der Waals surface area contributed by atoms with E-state index in [9.17, 15) is 0 Å². The van der Waals surface area contributed by atoms with Crippen LogP contribution in [-0.2, 0) is 0 Å². The van der Waals surface area contributed by atoms with Crippen molar-refractivity contribution in [2.24, 2.45) is 0 Å². The van der Waals surface area contributed by atoms with Crippen LogP contribution in [0.15, 0.2) is 194 Å². The van der Waals surface area contributed by atoms with E-state index in [1.807, 2.05) is 66.9 Å². The maximum atomic E-state index is 5.06. The van der Waals surface area contributed by atoms with Gasteiger partial charge in [0, 0.05) is 55.3 Å². The minimum Gasteiger partial charge on any atom is -0.309 e. The van der Waals surface area contributed by atoms with Gasteiger partial charge in [0.1, 0.15) is 5.69 Å². The van der Waals surface area contributed by atoms with Crippen molar-refractivity contribution in [1.82, 2.24) is 29.1 Å². The fourth-order valence-corrected chi connectivity index (χ4v) is 8.83. The van der Waals surface area contributed by atoms with Crippen molar-refractivity contribution in [2.45, 2.75) is 0 Å². The van der Waals surface area contributed by atoms with Gasteiger partial charge in [0.05, 0.1) is 27.8 Å². The number of nitrogens with zero attached hydrogens (tertiary/aromatic N) is 6. The molecule has 6 heteroatoms. The highest BCUT2D eigenvalue weighted by atomic mass is 15.1. The van der Waals surface area contributed by atoms with Crippen molar-refractivity contribution in [3.63, 3.8) is 0 Å². The zero-order chi connectivity index (χ0) is 38.2. The van der Waals surface area contributed by atoms with Crippen LogP contribution in [-0.4, -0.2) is 29.1 Å². The van der Waals surface area contributed by atoms with Gasteiger partial charge in [-0.1, -0.05) is 158 Å². The predicted octanol–water partition coefficient (Wildman–Crippen LogP) is 12.8. The Bertz CT molecular complexity index is 3500. The Balaban J connectivity index is 1.20. The van der Waals surface area contributed by atoms with Crippen molar-refractivity contribution in [1.29, 1.82) is 0 Å². The Morgan fingerprint density at radius 3 is 1.52 bits per heavy atom. The molecule has 0 unspecified atom stereocenters. The molecule has 0 bridgehead atoms. The van der Waals surface area contributed by atoms with Crippen LogP contribution in [0.4, 0.5) is 0 Å². The Morgan fingerprint density at radius 2 is 0.862 bits per heavy atom. The standard InChI is InChI=1S/C52H32N6/c1-4-16-35(17-5-1)50-54-51(36-18-6-2-7-19-36)56-52(55-50)44-32-38(30-31-53-44)58-47-39-22-12-10-14-33(39)24-26-41(47)42-28-29-45-46(49(42)58)43-27-25-34-15-11-13-23-40(34)48(43)57(45)37-20-8-3-9-21-37/h1-32H. The molecule has 0 spiro atoms. The molecule has 0 aliphatic rings. The molecule has 0 radical (unpaired) electrons. The zero-order valence-corrected chi connectivity index (χ0v) is 31.2. The Hall–Kier alpha value is -7.96. The van der Waals surface area contributed by atoms with Crippen LogP contribution in [0.25, 0.3) is 111 Å². The highest BCUT2D eigenvalue weighted by Gasteiger charge is 2.24. The Morgan fingerprint density at radius 1 is 0.345 bits per heavy atom. The van der Waals surface area contributed by atoms with Crippen LogP contribution in [0.5, 0.6) is 0 Å². The van der Waals surface area contributed by atoms with Crippen molar-refractivity contribution < 1.29 is 0 Å². The fraction of sp³-hybridized carbons (Fsp3) is 0. The summed E-state index contributed by atoms with van der Waals surface area (Å²) in [5, 5.41) is 9.54. The van der Waals surface area contributed by atoms with Gasteiger partial charge in [-0.2, -0.15) is 0 Å². The molecule has 0 fully saturated rings. The van der Waals surface area contributed by atoms with Gasteiger partial charge in [-0.05, 0) is 41.1 Å². The van der Waals surface area contributed by atoms with Gasteiger partial charge in [-0.15, -0.1) is 0 Å². The normalized spacial score (nSPS) is 11.8. The first-order valence-corrected chi connectivity index (χ1v) is 19.5. The molecule has 0 saturated heterocycles. The van der Waals surface area contributed by atoms with Gasteiger partial charge in [0.25, 0.3) is 0 Å². The van der Waals surface area contributed by atoms with E-state index in [2.05, 4.69) is 137 Å². The second-order valence-corrected chi connectivity index (χ2v) is 14.7. The molecule has 0 atom stereocenters. The number of rotatable bonds is 5. The van der Waals surface area contributed by atoms with Crippen LogP contribution in [0.3, 0.4) is 0 Å². The maximum Gasteiger partial charge on any atom is 0.182 e. The third-order valence-electron chi connectivity index (χ3n) is 11.4. The lowest BCUT2D eigenvalue weighted by atomic mass is 10.0. The van der Waals surface area contributed by atoms with Crippen LogP contribution < -0.4 is 0 Å². The van der Waals surface area contributed by atoms with E-state index in [1.165, 1.54) is 48.6 Å². The second kappa shape index (κ2) is 12.8. The van der Waals surface area contributed by atoms with Gasteiger partial charge in [0.2, 0.25) is 0 Å². The molecular weight excluding hydrogens is 709 g/mol. The van der Waals surface area contributed by atoms with Crippen LogP contribution in [0.2, 0.25) is 0 Å². The molecule has 0 saturated carbocycles. The molecule has 0 aliphatic heterocycles. The van der Waals surface area contributed by atoms with Gasteiger partial charge in [0.15, 0.2) is 17.5 Å². The molecule has 0 aliphatic carbocycles. The zero-order valence-electron chi connectivity index (χ0n) is 31.2. The lowest BCUT2D eigenvalue weighted by Crippen LogP contribution is -2.02. The van der Waals surface area contributed by atoms with Crippen molar-refractivity contribution in [2.75, 3.05) is 0 Å². The fourth-order valence-electron chi connectivity index (χ4n) is 8.83. The lowest BCUT2D eigenvalue weighted by molar-refractivity contribution is 1.05. The summed E-state index contributed by atoms with van der Waals surface area (Å²) in [5.41, 5.74) is 9.20. The molecule has 58 heavy (non-hydrogen) atoms. The second-order valence-electron chi connectivity index (χ2n) is 14.7. The summed E-state index contributed by atoms with van der Waals surface area (Å²) in [6.45, 7) is 0. The van der Waals surface area contributed by atoms with E-state index < -0.39 is 0 Å². The number of fused-ring (bicyclic) bond motifs is 11. The van der Waals surface area contributed by atoms with Gasteiger partial charge < -0.3 is 9.13 Å². The molecule has 4 aromatic heterocycles. The highest BCUT2D eigenvalue weighted by molar-refractivity contribution is 6.31. The van der Waals surface area contributed by atoms with E-state index in [-0.39, 0.29) is 0 Å². The average molecular weight is 741 g/mol. The summed E-state index contributed by atoms with van der Waals surface area (Å²) >= 11 is 0. The van der Waals surface area contributed by atoms with E-state index >= 15 is 0 Å². The average Bonchev–Trinajstić information content (AvgIpc) is 3.83. The number of benzene rings is 8. The quantitative estimate of drug-likeness (QED) is 0.176. The minimum atomic E-state index is 0.512. The first-order valence-electron chi connectivity index (χ1n) is 19.5. The van der Waals surface area contributed by atoms with Gasteiger partial charge >= 0.3 is 0 Å². The van der Waals surface area contributed by atoms with E-state index in [0.29, 0.717) is 23.2 Å². The SMILES string of the molecule is c1ccc(-c2nc(-c3ccccc3)nc(-c3cc(-n4c5c6ccccc6ccc5c5ccc6c(c7ccc8ccccc8c7n6-c6ccccc6)c54)ccn3)n2)cc1. The first-order chi connectivity index (χ1) is 28.8. The van der Waals surface area contributed by atoms with Gasteiger partial charge in [-0.3, -0.25) is 4.98 Å². The first kappa shape index (κ1) is 32.3. The van der Waals surface area contributed by atoms with Crippen LogP contribution in [0, 0.1) is 0 Å². The number of hydrogen-bond acceptors (Lipinski definition) is 4. The molecule has 6 nitrogen and oxygen atoms in total. The topological polar surface area (TPSA) is 61.4 Å². The number of para-hydroxylation sites is 1. The maximum absolute atomic E-state index is 5.06. The summed E-state index contributed by atoms with van der Waals surface area (Å²) < 4.78 is 4.88. The van der Waals surface area contributed by atoms with Crippen LogP contribution in [0.1, 0.15) is 0 Å². The summed E-state index contributed by atoms with van der Waals surface area (Å²) in [4.78, 5) is 20.0. The van der Waals surface area contributed by atoms with Crippen molar-refractivity contribution in [3.05, 3.63) is 194 Å². The summed E-state index contributed by atoms with van der Waals surface area (Å²) in [5.74, 6) is 1.71. The summed E-state index contributed by atoms with van der Waals surface area (Å²) in [6.07, 6.45) is 1.88. The molecule has 0 N–H and O–H groups in total. The Labute approximate surface area is 333 Å². The largest absolute Gasteiger partial charge is 0.309 e. The van der Waals surface area contributed by atoms with Crippen LogP contribution >= 0.6 is 0 Å². The molecule has 12 rings (SSSR count). The molecule has 0 amide bonds. The smallest absolute Gasteiger partial charge is 0.182 e. The number of aromatic nitrogens is 6. The molecular formula is C52H32N6. The van der Waals surface area contributed by atoms with Gasteiger partial charge in [-0.25, -0.2) is 15.0 Å². The van der Waals surface area contributed by atoms with E-state index in [1.54, 1.807) is 0 Å². The van der Waals surface area contributed by atoms with Crippen molar-refractivity contribution >= 4 is 65.2 Å². The minimum absolute atomic E-state index is 0.512. The van der Waals surface area contributed by atoms with Crippen molar-refractivity contribution in [3.8, 4) is 45.7 Å². The summed E-state index contributed by atoms with van der Waals surface area (Å²) in [7, 11) is 0.